The second-order valence-electron chi connectivity index (χ2n) is 15.0. The molecule has 0 unspecified atom stereocenters. The van der Waals surface area contributed by atoms with Crippen LogP contribution < -0.4 is 15.4 Å². The molecule has 1 fully saturated rings. The number of hydrogen-bond donors (Lipinski definition) is 3. The normalized spacial score (nSPS) is 16.3. The van der Waals surface area contributed by atoms with Crippen LogP contribution in [0.2, 0.25) is 10.0 Å². The summed E-state index contributed by atoms with van der Waals surface area (Å²) in [6.45, 7) is 9.20. The van der Waals surface area contributed by atoms with Gasteiger partial charge in [0, 0.05) is 35.8 Å². The molecule has 1 aromatic heterocycles. The molecule has 2 amide bonds. The van der Waals surface area contributed by atoms with Crippen molar-refractivity contribution in [3.63, 3.8) is 0 Å². The van der Waals surface area contributed by atoms with Crippen molar-refractivity contribution < 1.29 is 29.0 Å². The molecule has 3 aromatic carbocycles. The number of alkyl carbamates (subject to hydrolysis) is 1. The Kier molecular flexibility index (Phi) is 14.1. The number of hydrogen-bond acceptors (Lipinski definition) is 6. The topological polar surface area (TPSA) is 132 Å². The summed E-state index contributed by atoms with van der Waals surface area (Å²) in [6.07, 6.45) is 7.10. The predicted molar refractivity (Wildman–Crippen MR) is 211 cm³/mol. The van der Waals surface area contributed by atoms with E-state index in [1.165, 1.54) is 0 Å². The lowest BCUT2D eigenvalue weighted by molar-refractivity contribution is -0.127. The van der Waals surface area contributed by atoms with Gasteiger partial charge in [-0.3, -0.25) is 4.79 Å². The zero-order valence-electron chi connectivity index (χ0n) is 31.4. The Labute approximate surface area is 327 Å². The van der Waals surface area contributed by atoms with Crippen LogP contribution in [0.1, 0.15) is 99.6 Å². The van der Waals surface area contributed by atoms with Gasteiger partial charge in [-0.25, -0.2) is 14.6 Å². The standard InChI is InChI=1S/C42H50Cl2N4O6/c1-5-6-21-48-25-37(34-20-17-32(43)23-35(34)44)46-38(48)36(47-39(49)30-13-7-28(8-14-30)24-45-41(52)54-42(2,3)4)22-27-11-18-33(19-12-27)53-26-29-9-15-31(16-10-29)40(50)51/h9-12,15-20,23,25,28,30,36H,5-8,13-14,21-22,24,26H2,1-4H3,(H,45,52)(H,47,49)(H,50,51)/t28-,30-,36-/m0/s1. The summed E-state index contributed by atoms with van der Waals surface area (Å²) in [4.78, 5) is 42.5. The Morgan fingerprint density at radius 3 is 2.28 bits per heavy atom. The number of amides is 2. The molecule has 1 aliphatic carbocycles. The number of carbonyl (C=O) groups excluding carboxylic acids is 2. The fourth-order valence-corrected chi connectivity index (χ4v) is 7.08. The number of nitrogens with zero attached hydrogens (tertiary/aromatic N) is 2. The van der Waals surface area contributed by atoms with Crippen molar-refractivity contribution in [3.8, 4) is 17.0 Å². The second kappa shape index (κ2) is 18.7. The Morgan fingerprint density at radius 1 is 0.963 bits per heavy atom. The number of ether oxygens (including phenoxy) is 2. The zero-order valence-corrected chi connectivity index (χ0v) is 32.9. The monoisotopic (exact) mass is 776 g/mol. The van der Waals surface area contributed by atoms with Gasteiger partial charge < -0.3 is 29.8 Å². The lowest BCUT2D eigenvalue weighted by Crippen LogP contribution is -2.39. The number of carbonyl (C=O) groups is 3. The van der Waals surface area contributed by atoms with Gasteiger partial charge in [-0.2, -0.15) is 0 Å². The van der Waals surface area contributed by atoms with Crippen LogP contribution >= 0.6 is 23.2 Å². The van der Waals surface area contributed by atoms with E-state index in [0.29, 0.717) is 41.1 Å². The van der Waals surface area contributed by atoms with Gasteiger partial charge >= 0.3 is 12.1 Å². The summed E-state index contributed by atoms with van der Waals surface area (Å²) in [7, 11) is 0. The molecule has 5 rings (SSSR count). The molecule has 12 heteroatoms. The average Bonchev–Trinajstić information content (AvgIpc) is 3.55. The minimum Gasteiger partial charge on any atom is -0.489 e. The van der Waals surface area contributed by atoms with Gasteiger partial charge in [0.25, 0.3) is 0 Å². The minimum atomic E-state index is -0.970. The molecule has 0 radical (unpaired) electrons. The van der Waals surface area contributed by atoms with Crippen molar-refractivity contribution in [1.82, 2.24) is 20.2 Å². The van der Waals surface area contributed by atoms with E-state index in [1.807, 2.05) is 57.3 Å². The van der Waals surface area contributed by atoms with Crippen LogP contribution in [-0.2, 0) is 29.1 Å². The smallest absolute Gasteiger partial charge is 0.407 e. The summed E-state index contributed by atoms with van der Waals surface area (Å²) < 4.78 is 13.5. The highest BCUT2D eigenvalue weighted by molar-refractivity contribution is 6.36. The van der Waals surface area contributed by atoms with E-state index in [4.69, 9.17) is 37.7 Å². The molecule has 54 heavy (non-hydrogen) atoms. The molecule has 0 bridgehead atoms. The number of halogens is 2. The summed E-state index contributed by atoms with van der Waals surface area (Å²) in [5.41, 5.74) is 2.99. The average molecular weight is 778 g/mol. The number of unbranched alkanes of at least 4 members (excludes halogenated alkanes) is 1. The van der Waals surface area contributed by atoms with Gasteiger partial charge in [0.05, 0.1) is 22.3 Å². The van der Waals surface area contributed by atoms with Crippen molar-refractivity contribution in [2.75, 3.05) is 6.54 Å². The summed E-state index contributed by atoms with van der Waals surface area (Å²) in [6, 6.07) is 19.3. The number of carboxylic acids is 1. The maximum atomic E-state index is 14.0. The maximum absolute atomic E-state index is 14.0. The number of carboxylic acid groups (broad SMARTS) is 1. The molecule has 3 N–H and O–H groups in total. The van der Waals surface area contributed by atoms with Crippen molar-refractivity contribution in [3.05, 3.63) is 105 Å². The van der Waals surface area contributed by atoms with Crippen LogP contribution in [-0.4, -0.2) is 44.8 Å². The molecule has 0 aliphatic heterocycles. The minimum absolute atomic E-state index is 0.0106. The first-order valence-corrected chi connectivity index (χ1v) is 19.4. The number of benzene rings is 3. The van der Waals surface area contributed by atoms with Crippen LogP contribution in [0.25, 0.3) is 11.3 Å². The number of nitrogens with one attached hydrogen (secondary N) is 2. The van der Waals surface area contributed by atoms with Gasteiger partial charge in [0.1, 0.15) is 23.8 Å². The Balaban J connectivity index is 1.32. The van der Waals surface area contributed by atoms with Crippen molar-refractivity contribution >= 4 is 41.2 Å². The molecule has 1 aliphatic rings. The SMILES string of the molecule is CCCCn1cc(-c2ccc(Cl)cc2Cl)nc1[C@H](Cc1ccc(OCc2ccc(C(=O)O)cc2)cc1)NC(=O)[C@H]1CC[C@H](CNC(=O)OC(C)(C)C)CC1. The van der Waals surface area contributed by atoms with Gasteiger partial charge in [0.15, 0.2) is 0 Å². The number of rotatable bonds is 15. The van der Waals surface area contributed by atoms with Crippen LogP contribution in [0.4, 0.5) is 4.79 Å². The molecule has 1 heterocycles. The molecule has 10 nitrogen and oxygen atoms in total. The lowest BCUT2D eigenvalue weighted by Gasteiger charge is -2.30. The second-order valence-corrected chi connectivity index (χ2v) is 15.8. The van der Waals surface area contributed by atoms with Gasteiger partial charge in [-0.15, -0.1) is 0 Å². The summed E-state index contributed by atoms with van der Waals surface area (Å²) in [5, 5.41) is 16.5. The Hall–Kier alpha value is -4.54. The van der Waals surface area contributed by atoms with Crippen molar-refractivity contribution in [1.29, 1.82) is 0 Å². The zero-order chi connectivity index (χ0) is 38.8. The van der Waals surface area contributed by atoms with E-state index in [0.717, 1.165) is 67.6 Å². The molecule has 1 atom stereocenters. The van der Waals surface area contributed by atoms with E-state index in [9.17, 15) is 19.5 Å². The van der Waals surface area contributed by atoms with Crippen molar-refractivity contribution in [2.24, 2.45) is 11.8 Å². The van der Waals surface area contributed by atoms with E-state index < -0.39 is 23.7 Å². The first kappa shape index (κ1) is 40.6. The third-order valence-electron chi connectivity index (χ3n) is 9.52. The van der Waals surface area contributed by atoms with Gasteiger partial charge in [-0.05, 0) is 119 Å². The van der Waals surface area contributed by atoms with Gasteiger partial charge in [-0.1, -0.05) is 60.8 Å². The number of aromatic nitrogens is 2. The molecular weight excluding hydrogens is 727 g/mol. The first-order chi connectivity index (χ1) is 25.8. The van der Waals surface area contributed by atoms with E-state index >= 15 is 0 Å². The summed E-state index contributed by atoms with van der Waals surface area (Å²) >= 11 is 12.8. The molecule has 0 saturated heterocycles. The largest absolute Gasteiger partial charge is 0.489 e. The van der Waals surface area contributed by atoms with E-state index in [-0.39, 0.29) is 23.3 Å². The highest BCUT2D eigenvalue weighted by atomic mass is 35.5. The Bertz CT molecular complexity index is 1880. The van der Waals surface area contributed by atoms with Crippen LogP contribution in [0.15, 0.2) is 72.9 Å². The Morgan fingerprint density at radius 2 is 1.65 bits per heavy atom. The van der Waals surface area contributed by atoms with Crippen LogP contribution in [0, 0.1) is 11.8 Å². The molecule has 1 saturated carbocycles. The maximum Gasteiger partial charge on any atom is 0.407 e. The highest BCUT2D eigenvalue weighted by Gasteiger charge is 2.30. The number of imidazole rings is 1. The fraction of sp³-hybridized carbons (Fsp3) is 0.429. The lowest BCUT2D eigenvalue weighted by atomic mass is 9.81. The third kappa shape index (κ3) is 11.7. The molecule has 4 aromatic rings. The number of aromatic carboxylic acids is 1. The van der Waals surface area contributed by atoms with Gasteiger partial charge in [0.2, 0.25) is 5.91 Å². The first-order valence-electron chi connectivity index (χ1n) is 18.6. The third-order valence-corrected chi connectivity index (χ3v) is 10.1. The molecular formula is C42H50Cl2N4O6. The summed E-state index contributed by atoms with van der Waals surface area (Å²) in [5.74, 6) is 0.560. The quantitative estimate of drug-likeness (QED) is 0.110. The molecule has 288 valence electrons. The highest BCUT2D eigenvalue weighted by Crippen LogP contribution is 2.33. The fourth-order valence-electron chi connectivity index (χ4n) is 6.58. The van der Waals surface area contributed by atoms with E-state index in [2.05, 4.69) is 22.1 Å². The molecule has 0 spiro atoms. The van der Waals surface area contributed by atoms with Crippen LogP contribution in [0.3, 0.4) is 0 Å². The van der Waals surface area contributed by atoms with E-state index in [1.54, 1.807) is 36.4 Å². The van der Waals surface area contributed by atoms with Crippen molar-refractivity contribution in [2.45, 2.75) is 97.4 Å². The number of aryl methyl sites for hydroxylation is 1. The predicted octanol–water partition coefficient (Wildman–Crippen LogP) is 9.67. The van der Waals surface area contributed by atoms with Crippen LogP contribution in [0.5, 0.6) is 5.75 Å².